The molecule has 0 aromatic heterocycles. The summed E-state index contributed by atoms with van der Waals surface area (Å²) in [7, 11) is -3.56. The van der Waals surface area contributed by atoms with Gasteiger partial charge in [0.05, 0.1) is 4.90 Å². The summed E-state index contributed by atoms with van der Waals surface area (Å²) >= 11 is 0. The lowest BCUT2D eigenvalue weighted by atomic mass is 10.1. The quantitative estimate of drug-likeness (QED) is 0.824. The standard InChI is InChI=1S/C15H19NO3S/c1-15(2)10-13(15)11-16-20(18,19)14-8-4-3-6-12(14)7-5-9-17/h3-4,6,8,13,16-17H,9-11H2,1-2H3. The van der Waals surface area contributed by atoms with E-state index < -0.39 is 10.0 Å². The Morgan fingerprint density at radius 1 is 1.40 bits per heavy atom. The molecule has 2 rings (SSSR count). The monoisotopic (exact) mass is 293 g/mol. The highest BCUT2D eigenvalue weighted by Crippen LogP contribution is 2.51. The molecule has 1 aliphatic carbocycles. The van der Waals surface area contributed by atoms with Crippen molar-refractivity contribution in [2.75, 3.05) is 13.2 Å². The first-order valence-corrected chi connectivity index (χ1v) is 8.03. The molecular weight excluding hydrogens is 274 g/mol. The van der Waals surface area contributed by atoms with Gasteiger partial charge in [-0.3, -0.25) is 0 Å². The van der Waals surface area contributed by atoms with Gasteiger partial charge in [0.25, 0.3) is 0 Å². The highest BCUT2D eigenvalue weighted by atomic mass is 32.2. The van der Waals surface area contributed by atoms with Crippen LogP contribution in [0.5, 0.6) is 0 Å². The first-order chi connectivity index (χ1) is 9.37. The van der Waals surface area contributed by atoms with Crippen LogP contribution in [-0.2, 0) is 10.0 Å². The lowest BCUT2D eigenvalue weighted by Crippen LogP contribution is -2.27. The molecule has 1 aromatic rings. The first-order valence-electron chi connectivity index (χ1n) is 6.55. The Balaban J connectivity index is 2.17. The molecule has 1 aromatic carbocycles. The summed E-state index contributed by atoms with van der Waals surface area (Å²) in [6, 6.07) is 6.56. The molecule has 0 bridgehead atoms. The van der Waals surface area contributed by atoms with Gasteiger partial charge in [-0.25, -0.2) is 13.1 Å². The van der Waals surface area contributed by atoms with Gasteiger partial charge in [0.1, 0.15) is 6.61 Å². The molecule has 1 atom stereocenters. The van der Waals surface area contributed by atoms with Crippen LogP contribution in [0.15, 0.2) is 29.2 Å². The molecule has 1 fully saturated rings. The summed E-state index contributed by atoms with van der Waals surface area (Å²) in [5.41, 5.74) is 0.641. The van der Waals surface area contributed by atoms with Crippen LogP contribution in [0.2, 0.25) is 0 Å². The van der Waals surface area contributed by atoms with Crippen LogP contribution in [0.4, 0.5) is 0 Å². The molecule has 1 unspecified atom stereocenters. The topological polar surface area (TPSA) is 66.4 Å². The highest BCUT2D eigenvalue weighted by molar-refractivity contribution is 7.89. The Morgan fingerprint density at radius 3 is 2.65 bits per heavy atom. The van der Waals surface area contributed by atoms with Crippen molar-refractivity contribution in [3.8, 4) is 11.8 Å². The van der Waals surface area contributed by atoms with Crippen molar-refractivity contribution in [3.05, 3.63) is 29.8 Å². The Kier molecular flexibility index (Phi) is 4.19. The van der Waals surface area contributed by atoms with Crippen molar-refractivity contribution in [1.82, 2.24) is 4.72 Å². The summed E-state index contributed by atoms with van der Waals surface area (Å²) in [6.07, 6.45) is 1.04. The maximum Gasteiger partial charge on any atom is 0.241 e. The molecule has 20 heavy (non-hydrogen) atoms. The van der Waals surface area contributed by atoms with E-state index in [0.29, 0.717) is 18.0 Å². The van der Waals surface area contributed by atoms with Crippen molar-refractivity contribution >= 4 is 10.0 Å². The van der Waals surface area contributed by atoms with E-state index in [1.165, 1.54) is 6.07 Å². The Morgan fingerprint density at radius 2 is 2.05 bits per heavy atom. The second-order valence-corrected chi connectivity index (χ2v) is 7.43. The van der Waals surface area contributed by atoms with E-state index >= 15 is 0 Å². The average Bonchev–Trinajstić information content (AvgIpc) is 3.02. The summed E-state index contributed by atoms with van der Waals surface area (Å²) in [5.74, 6) is 5.55. The largest absolute Gasteiger partial charge is 0.384 e. The zero-order chi connectivity index (χ0) is 14.8. The van der Waals surface area contributed by atoms with Crippen LogP contribution in [-0.4, -0.2) is 26.7 Å². The van der Waals surface area contributed by atoms with E-state index in [1.54, 1.807) is 18.2 Å². The van der Waals surface area contributed by atoms with E-state index in [9.17, 15) is 8.42 Å². The van der Waals surface area contributed by atoms with Crippen molar-refractivity contribution < 1.29 is 13.5 Å². The van der Waals surface area contributed by atoms with Gasteiger partial charge < -0.3 is 5.11 Å². The van der Waals surface area contributed by atoms with E-state index in [0.717, 1.165) is 6.42 Å². The Bertz CT molecular complexity index is 653. The van der Waals surface area contributed by atoms with Gasteiger partial charge in [0.15, 0.2) is 0 Å². The van der Waals surface area contributed by atoms with Crippen molar-refractivity contribution in [2.45, 2.75) is 25.2 Å². The molecule has 0 radical (unpaired) electrons. The minimum absolute atomic E-state index is 0.166. The summed E-state index contributed by atoms with van der Waals surface area (Å²) in [4.78, 5) is 0.166. The second-order valence-electron chi connectivity index (χ2n) is 5.70. The van der Waals surface area contributed by atoms with Crippen LogP contribution < -0.4 is 4.72 Å². The molecule has 0 spiro atoms. The predicted molar refractivity (Wildman–Crippen MR) is 77.5 cm³/mol. The molecule has 5 heteroatoms. The molecular formula is C15H19NO3S. The third kappa shape index (κ3) is 3.40. The fourth-order valence-electron chi connectivity index (χ4n) is 2.15. The summed E-state index contributed by atoms with van der Waals surface area (Å²) in [5, 5.41) is 8.72. The molecule has 1 saturated carbocycles. The fraction of sp³-hybridized carbons (Fsp3) is 0.467. The smallest absolute Gasteiger partial charge is 0.241 e. The van der Waals surface area contributed by atoms with E-state index in [1.807, 2.05) is 0 Å². The number of benzene rings is 1. The third-order valence-electron chi connectivity index (χ3n) is 3.72. The van der Waals surface area contributed by atoms with Crippen molar-refractivity contribution in [1.29, 1.82) is 0 Å². The van der Waals surface area contributed by atoms with E-state index in [-0.39, 0.29) is 16.9 Å². The number of hydrogen-bond donors (Lipinski definition) is 2. The highest BCUT2D eigenvalue weighted by Gasteiger charge is 2.45. The lowest BCUT2D eigenvalue weighted by molar-refractivity contribution is 0.350. The fourth-order valence-corrected chi connectivity index (χ4v) is 3.39. The van der Waals surface area contributed by atoms with Gasteiger partial charge in [-0.2, -0.15) is 0 Å². The molecule has 108 valence electrons. The minimum atomic E-state index is -3.56. The predicted octanol–water partition coefficient (Wildman–Crippen LogP) is 1.35. The van der Waals surface area contributed by atoms with Crippen LogP contribution in [0.25, 0.3) is 0 Å². The number of nitrogens with one attached hydrogen (secondary N) is 1. The van der Waals surface area contributed by atoms with Crippen LogP contribution >= 0.6 is 0 Å². The molecule has 0 heterocycles. The number of hydrogen-bond acceptors (Lipinski definition) is 3. The van der Waals surface area contributed by atoms with Crippen LogP contribution in [0.3, 0.4) is 0 Å². The molecule has 0 amide bonds. The molecule has 2 N–H and O–H groups in total. The van der Waals surface area contributed by atoms with Gasteiger partial charge in [0.2, 0.25) is 10.0 Å². The molecule has 0 saturated heterocycles. The molecule has 4 nitrogen and oxygen atoms in total. The average molecular weight is 293 g/mol. The van der Waals surface area contributed by atoms with Crippen molar-refractivity contribution in [2.24, 2.45) is 11.3 Å². The first kappa shape index (κ1) is 15.0. The number of aliphatic hydroxyl groups excluding tert-OH is 1. The second kappa shape index (κ2) is 5.57. The van der Waals surface area contributed by atoms with Crippen molar-refractivity contribution in [3.63, 3.8) is 0 Å². The lowest BCUT2D eigenvalue weighted by Gasteiger charge is -2.09. The van der Waals surface area contributed by atoms with Gasteiger partial charge >= 0.3 is 0 Å². The zero-order valence-electron chi connectivity index (χ0n) is 11.7. The molecule has 0 aliphatic heterocycles. The normalized spacial score (nSPS) is 20.1. The Hall–Kier alpha value is -1.35. The molecule has 1 aliphatic rings. The number of sulfonamides is 1. The SMILES string of the molecule is CC1(C)CC1CNS(=O)(=O)c1ccccc1C#CCO. The van der Waals surface area contributed by atoms with Gasteiger partial charge in [-0.1, -0.05) is 37.8 Å². The van der Waals surface area contributed by atoms with Gasteiger partial charge in [0, 0.05) is 12.1 Å². The van der Waals surface area contributed by atoms with Crippen LogP contribution in [0.1, 0.15) is 25.8 Å². The van der Waals surface area contributed by atoms with Crippen LogP contribution in [0, 0.1) is 23.2 Å². The minimum Gasteiger partial charge on any atom is -0.384 e. The summed E-state index contributed by atoms with van der Waals surface area (Å²) < 4.78 is 27.3. The Labute approximate surface area is 120 Å². The van der Waals surface area contributed by atoms with E-state index in [4.69, 9.17) is 5.11 Å². The maximum absolute atomic E-state index is 12.3. The number of aliphatic hydroxyl groups is 1. The van der Waals surface area contributed by atoms with Gasteiger partial charge in [-0.05, 0) is 29.9 Å². The summed E-state index contributed by atoms with van der Waals surface area (Å²) in [6.45, 7) is 4.43. The van der Waals surface area contributed by atoms with Gasteiger partial charge in [-0.15, -0.1) is 0 Å². The maximum atomic E-state index is 12.3. The van der Waals surface area contributed by atoms with E-state index in [2.05, 4.69) is 30.4 Å². The number of rotatable bonds is 4. The zero-order valence-corrected chi connectivity index (χ0v) is 12.5. The third-order valence-corrected chi connectivity index (χ3v) is 5.20.